The van der Waals surface area contributed by atoms with Gasteiger partial charge in [0, 0.05) is 9.34 Å². The van der Waals surface area contributed by atoms with E-state index < -0.39 is 0 Å². The molecule has 0 aromatic heterocycles. The Hall–Kier alpha value is -1.25. The Morgan fingerprint density at radius 2 is 1.61 bits per heavy atom. The van der Waals surface area contributed by atoms with Crippen LogP contribution in [0.3, 0.4) is 0 Å². The van der Waals surface area contributed by atoms with E-state index in [4.69, 9.17) is 12.2 Å². The van der Waals surface area contributed by atoms with Gasteiger partial charge in [0.2, 0.25) is 0 Å². The van der Waals surface area contributed by atoms with Gasteiger partial charge in [0.05, 0.1) is 0 Å². The third-order valence-electron chi connectivity index (χ3n) is 2.63. The van der Waals surface area contributed by atoms with Gasteiger partial charge in [-0.05, 0) is 36.3 Å². The van der Waals surface area contributed by atoms with E-state index in [2.05, 4.69) is 59.3 Å². The molecule has 0 N–H and O–H groups in total. The number of rotatable bonds is 3. The predicted molar refractivity (Wildman–Crippen MR) is 86.1 cm³/mol. The monoisotopic (exact) mass is 316 g/mol. The first-order valence-electron chi connectivity index (χ1n) is 5.70. The summed E-state index contributed by atoms with van der Waals surface area (Å²) in [7, 11) is 0. The lowest BCUT2D eigenvalue weighted by atomic mass is 10.1. The van der Waals surface area contributed by atoms with Crippen LogP contribution in [0, 0.1) is 6.92 Å². The van der Waals surface area contributed by atoms with Crippen LogP contribution in [0.25, 0.3) is 6.08 Å². The van der Waals surface area contributed by atoms with Gasteiger partial charge >= 0.3 is 0 Å². The van der Waals surface area contributed by atoms with Crippen LogP contribution in [-0.2, 0) is 0 Å². The third-order valence-corrected chi connectivity index (χ3v) is 3.53. The maximum absolute atomic E-state index is 5.39. The molecule has 2 aromatic rings. The Morgan fingerprint density at radius 1 is 1.00 bits per heavy atom. The zero-order valence-electron chi connectivity index (χ0n) is 10.1. The minimum absolute atomic E-state index is 0.859. The van der Waals surface area contributed by atoms with Crippen molar-refractivity contribution in [2.24, 2.45) is 0 Å². The number of allylic oxidation sites excluding steroid dienone is 1. The van der Waals surface area contributed by atoms with Crippen LogP contribution >= 0.6 is 28.1 Å². The summed E-state index contributed by atoms with van der Waals surface area (Å²) < 4.78 is 1.08. The molecule has 0 nitrogen and oxygen atoms in total. The Morgan fingerprint density at radius 3 is 2.22 bits per heavy atom. The van der Waals surface area contributed by atoms with Crippen LogP contribution in [0.4, 0.5) is 0 Å². The molecule has 0 unspecified atom stereocenters. The van der Waals surface area contributed by atoms with Crippen molar-refractivity contribution in [1.29, 1.82) is 0 Å². The van der Waals surface area contributed by atoms with Crippen molar-refractivity contribution >= 4 is 39.1 Å². The molecule has 2 heteroatoms. The molecule has 0 aliphatic rings. The van der Waals surface area contributed by atoms with E-state index in [1.807, 2.05) is 24.3 Å². The largest absolute Gasteiger partial charge is 0.0795 e. The van der Waals surface area contributed by atoms with Gasteiger partial charge < -0.3 is 0 Å². The first-order valence-corrected chi connectivity index (χ1v) is 6.90. The minimum atomic E-state index is 0.859. The average molecular weight is 317 g/mol. The number of benzene rings is 2. The lowest BCUT2D eigenvalue weighted by Gasteiger charge is -1.99. The van der Waals surface area contributed by atoms with E-state index in [0.717, 1.165) is 20.5 Å². The second-order valence-corrected chi connectivity index (χ2v) is 5.47. The molecule has 0 bridgehead atoms. The van der Waals surface area contributed by atoms with Crippen molar-refractivity contribution in [3.8, 4) is 0 Å². The number of hydrogen-bond donors (Lipinski definition) is 0. The van der Waals surface area contributed by atoms with E-state index in [9.17, 15) is 0 Å². The molecule has 0 radical (unpaired) electrons. The molecule has 0 amide bonds. The van der Waals surface area contributed by atoms with Crippen molar-refractivity contribution < 1.29 is 0 Å². The lowest BCUT2D eigenvalue weighted by Crippen LogP contribution is -1.91. The van der Waals surface area contributed by atoms with Gasteiger partial charge in [-0.3, -0.25) is 0 Å². The normalized spacial score (nSPS) is 10.8. The van der Waals surface area contributed by atoms with E-state index >= 15 is 0 Å². The molecule has 0 saturated heterocycles. The molecule has 0 aliphatic carbocycles. The number of thiocarbonyl (C=S) groups is 1. The topological polar surface area (TPSA) is 0 Å². The zero-order chi connectivity index (χ0) is 13.0. The zero-order valence-corrected chi connectivity index (χ0v) is 12.5. The van der Waals surface area contributed by atoms with E-state index in [0.29, 0.717) is 0 Å². The summed E-state index contributed by atoms with van der Waals surface area (Å²) in [6.07, 6.45) is 4.01. The van der Waals surface area contributed by atoms with Crippen LogP contribution in [0.15, 0.2) is 59.1 Å². The molecule has 0 saturated carbocycles. The first-order chi connectivity index (χ1) is 8.65. The second-order valence-electron chi connectivity index (χ2n) is 4.12. The SMILES string of the molecule is Cc1ccc(C(=S)C=Cc2ccc(Br)cc2)cc1. The Labute approximate surface area is 121 Å². The minimum Gasteiger partial charge on any atom is -0.0795 e. The molecule has 18 heavy (non-hydrogen) atoms. The molecule has 0 heterocycles. The number of hydrogen-bond acceptors (Lipinski definition) is 1. The Kier molecular flexibility index (Phi) is 4.45. The molecular weight excluding hydrogens is 304 g/mol. The van der Waals surface area contributed by atoms with Crippen molar-refractivity contribution in [3.05, 3.63) is 75.8 Å². The van der Waals surface area contributed by atoms with Crippen molar-refractivity contribution in [2.75, 3.05) is 0 Å². The van der Waals surface area contributed by atoms with Crippen LogP contribution in [-0.4, -0.2) is 4.86 Å². The number of halogens is 1. The number of aryl methyl sites for hydroxylation is 1. The average Bonchev–Trinajstić information content (AvgIpc) is 2.38. The standard InChI is InChI=1S/C16H13BrS/c1-12-2-7-14(8-3-12)16(18)11-6-13-4-9-15(17)10-5-13/h2-11H,1H3. The van der Waals surface area contributed by atoms with Crippen LogP contribution < -0.4 is 0 Å². The summed E-state index contributed by atoms with van der Waals surface area (Å²) in [5, 5.41) is 0. The molecular formula is C16H13BrS. The van der Waals surface area contributed by atoms with Gasteiger partial charge in [-0.1, -0.05) is 76.2 Å². The highest BCUT2D eigenvalue weighted by Gasteiger charge is 1.96. The first kappa shape index (κ1) is 13.2. The quantitative estimate of drug-likeness (QED) is 0.426. The van der Waals surface area contributed by atoms with E-state index in [-0.39, 0.29) is 0 Å². The fourth-order valence-electron chi connectivity index (χ4n) is 1.56. The third kappa shape index (κ3) is 3.62. The van der Waals surface area contributed by atoms with E-state index in [1.54, 1.807) is 0 Å². The summed E-state index contributed by atoms with van der Waals surface area (Å²) in [5.41, 5.74) is 3.48. The van der Waals surface area contributed by atoms with Gasteiger partial charge in [0.15, 0.2) is 0 Å². The Bertz CT molecular complexity index is 565. The molecule has 0 fully saturated rings. The summed E-state index contributed by atoms with van der Waals surface area (Å²) in [5.74, 6) is 0. The lowest BCUT2D eigenvalue weighted by molar-refractivity contribution is 1.47. The highest BCUT2D eigenvalue weighted by Crippen LogP contribution is 2.12. The molecule has 2 rings (SSSR count). The van der Waals surface area contributed by atoms with Gasteiger partial charge in [0.1, 0.15) is 0 Å². The second kappa shape index (κ2) is 6.07. The van der Waals surface area contributed by atoms with Crippen LogP contribution in [0.5, 0.6) is 0 Å². The van der Waals surface area contributed by atoms with Crippen LogP contribution in [0.1, 0.15) is 16.7 Å². The highest BCUT2D eigenvalue weighted by molar-refractivity contribution is 9.10. The fourth-order valence-corrected chi connectivity index (χ4v) is 2.03. The summed E-state index contributed by atoms with van der Waals surface area (Å²) >= 11 is 8.81. The summed E-state index contributed by atoms with van der Waals surface area (Å²) in [6.45, 7) is 2.07. The molecule has 90 valence electrons. The molecule has 2 aromatic carbocycles. The van der Waals surface area contributed by atoms with Crippen molar-refractivity contribution in [1.82, 2.24) is 0 Å². The van der Waals surface area contributed by atoms with E-state index in [1.165, 1.54) is 5.56 Å². The predicted octanol–water partition coefficient (Wildman–Crippen LogP) is 5.19. The summed E-state index contributed by atoms with van der Waals surface area (Å²) in [6, 6.07) is 16.4. The molecule has 0 aliphatic heterocycles. The van der Waals surface area contributed by atoms with Gasteiger partial charge in [-0.15, -0.1) is 0 Å². The van der Waals surface area contributed by atoms with Gasteiger partial charge in [-0.2, -0.15) is 0 Å². The van der Waals surface area contributed by atoms with Crippen molar-refractivity contribution in [2.45, 2.75) is 6.92 Å². The van der Waals surface area contributed by atoms with Crippen molar-refractivity contribution in [3.63, 3.8) is 0 Å². The highest BCUT2D eigenvalue weighted by atomic mass is 79.9. The van der Waals surface area contributed by atoms with Crippen LogP contribution in [0.2, 0.25) is 0 Å². The maximum atomic E-state index is 5.39. The molecule has 0 spiro atoms. The smallest absolute Gasteiger partial charge is 0.0449 e. The molecule has 0 atom stereocenters. The summed E-state index contributed by atoms with van der Waals surface area (Å²) in [4.78, 5) is 0.859. The Balaban J connectivity index is 2.11. The van der Waals surface area contributed by atoms with Gasteiger partial charge in [0.25, 0.3) is 0 Å². The maximum Gasteiger partial charge on any atom is 0.0449 e. The van der Waals surface area contributed by atoms with Gasteiger partial charge in [-0.25, -0.2) is 0 Å². The fraction of sp³-hybridized carbons (Fsp3) is 0.0625.